The molecule has 1 aliphatic heterocycles. The van der Waals surface area contributed by atoms with E-state index in [1.807, 2.05) is 0 Å². The van der Waals surface area contributed by atoms with Crippen LogP contribution in [0.25, 0.3) is 0 Å². The lowest BCUT2D eigenvalue weighted by atomic mass is 9.95. The number of hydrogen-bond acceptors (Lipinski definition) is 9. The maximum Gasteiger partial charge on any atom is 0.332 e. The van der Waals surface area contributed by atoms with E-state index < -0.39 is 59.8 Å². The highest BCUT2D eigenvalue weighted by Crippen LogP contribution is 2.28. The first-order valence-corrected chi connectivity index (χ1v) is 11.1. The fourth-order valence-corrected chi connectivity index (χ4v) is 3.61. The minimum atomic E-state index is -1.41. The number of carbonyl (C=O) groups excluding carboxylic acids is 5. The molecule has 0 aliphatic carbocycles. The van der Waals surface area contributed by atoms with Gasteiger partial charge in [-0.05, 0) is 38.8 Å². The number of hydrogen-bond donors (Lipinski definition) is 3. The number of anilines is 1. The van der Waals surface area contributed by atoms with Gasteiger partial charge in [0.05, 0.1) is 17.2 Å². The highest BCUT2D eigenvalue weighted by Gasteiger charge is 2.43. The van der Waals surface area contributed by atoms with Gasteiger partial charge in [-0.1, -0.05) is 19.9 Å². The zero-order valence-electron chi connectivity index (χ0n) is 19.5. The largest absolute Gasteiger partial charge is 0.505 e. The fraction of sp³-hybridized carbons (Fsp3) is 0.522. The third kappa shape index (κ3) is 6.24. The molecular weight excluding hydrogens is 448 g/mol. The Bertz CT molecular complexity index is 933. The molecule has 1 fully saturated rings. The van der Waals surface area contributed by atoms with Crippen LogP contribution in [-0.4, -0.2) is 59.7 Å². The maximum absolute atomic E-state index is 12.9. The first-order chi connectivity index (χ1) is 16.1. The summed E-state index contributed by atoms with van der Waals surface area (Å²) >= 11 is 0. The zero-order chi connectivity index (χ0) is 25.4. The number of aromatic hydroxyl groups is 1. The van der Waals surface area contributed by atoms with Gasteiger partial charge in [0.1, 0.15) is 12.2 Å². The van der Waals surface area contributed by atoms with Crippen molar-refractivity contribution in [3.05, 3.63) is 23.8 Å². The number of phenols is 1. The third-order valence-electron chi connectivity index (χ3n) is 5.43. The van der Waals surface area contributed by atoms with E-state index in [1.165, 1.54) is 32.0 Å². The predicted molar refractivity (Wildman–Crippen MR) is 119 cm³/mol. The van der Waals surface area contributed by atoms with Crippen LogP contribution in [0.3, 0.4) is 0 Å². The van der Waals surface area contributed by atoms with Crippen molar-refractivity contribution in [2.45, 2.75) is 71.3 Å². The average molecular weight is 478 g/mol. The van der Waals surface area contributed by atoms with Crippen molar-refractivity contribution < 1.29 is 43.3 Å². The Morgan fingerprint density at radius 2 is 1.79 bits per heavy atom. The van der Waals surface area contributed by atoms with Crippen LogP contribution in [0.1, 0.15) is 57.3 Å². The van der Waals surface area contributed by atoms with Gasteiger partial charge in [0.2, 0.25) is 6.41 Å². The number of phenolic OH excluding ortho intramolecular Hbond substituents is 1. The van der Waals surface area contributed by atoms with Crippen LogP contribution in [-0.2, 0) is 33.4 Å². The van der Waals surface area contributed by atoms with Gasteiger partial charge in [0.25, 0.3) is 5.91 Å². The van der Waals surface area contributed by atoms with E-state index in [0.717, 1.165) is 0 Å². The topological polar surface area (TPSA) is 157 Å². The van der Waals surface area contributed by atoms with Crippen molar-refractivity contribution in [3.63, 3.8) is 0 Å². The molecule has 11 heteroatoms. The van der Waals surface area contributed by atoms with Crippen LogP contribution in [0.15, 0.2) is 18.2 Å². The third-order valence-corrected chi connectivity index (χ3v) is 5.43. The second-order valence-corrected chi connectivity index (χ2v) is 7.92. The van der Waals surface area contributed by atoms with Crippen LogP contribution in [0.2, 0.25) is 0 Å². The van der Waals surface area contributed by atoms with Gasteiger partial charge in [-0.25, -0.2) is 4.79 Å². The Labute approximate surface area is 197 Å². The van der Waals surface area contributed by atoms with Crippen molar-refractivity contribution in [2.75, 3.05) is 5.32 Å². The van der Waals surface area contributed by atoms with Gasteiger partial charge >= 0.3 is 17.9 Å². The van der Waals surface area contributed by atoms with Crippen molar-refractivity contribution >= 4 is 35.9 Å². The summed E-state index contributed by atoms with van der Waals surface area (Å²) in [6, 6.07) is 2.68. The zero-order valence-corrected chi connectivity index (χ0v) is 19.5. The number of benzene rings is 1. The van der Waals surface area contributed by atoms with Gasteiger partial charge in [-0.2, -0.15) is 0 Å². The molecule has 186 valence electrons. The molecular formula is C23H30N2O9. The van der Waals surface area contributed by atoms with E-state index in [-0.39, 0.29) is 24.1 Å². The molecule has 34 heavy (non-hydrogen) atoms. The molecule has 3 N–H and O–H groups in total. The Morgan fingerprint density at radius 3 is 2.41 bits per heavy atom. The summed E-state index contributed by atoms with van der Waals surface area (Å²) in [5.41, 5.74) is -0.223. The van der Waals surface area contributed by atoms with E-state index in [9.17, 15) is 29.1 Å². The predicted octanol–water partition coefficient (Wildman–Crippen LogP) is 1.67. The van der Waals surface area contributed by atoms with E-state index in [4.69, 9.17) is 14.2 Å². The van der Waals surface area contributed by atoms with Crippen molar-refractivity contribution in [1.29, 1.82) is 0 Å². The molecule has 0 bridgehead atoms. The van der Waals surface area contributed by atoms with E-state index in [1.54, 1.807) is 13.8 Å². The quantitative estimate of drug-likeness (QED) is 0.219. The summed E-state index contributed by atoms with van der Waals surface area (Å²) in [5, 5.41) is 15.0. The lowest BCUT2D eigenvalue weighted by molar-refractivity contribution is -0.174. The van der Waals surface area contributed by atoms with Crippen LogP contribution in [0.4, 0.5) is 5.69 Å². The van der Waals surface area contributed by atoms with E-state index >= 15 is 0 Å². The van der Waals surface area contributed by atoms with Crippen LogP contribution in [0, 0.1) is 5.92 Å². The molecule has 0 saturated carbocycles. The Hall–Kier alpha value is -3.63. The molecule has 0 unspecified atom stereocenters. The average Bonchev–Trinajstić information content (AvgIpc) is 2.80. The monoisotopic (exact) mass is 478 g/mol. The SMILES string of the molecule is CCCC(=O)O[C@@H]1[C@@H](C)OC(=O)[C@H](NC(=O)c2cccc(NC=O)c2O)[C@@H](C)OC(=O)[C@@H]1CC. The minimum Gasteiger partial charge on any atom is -0.505 e. The van der Waals surface area contributed by atoms with E-state index in [0.29, 0.717) is 12.8 Å². The first-order valence-electron chi connectivity index (χ1n) is 11.1. The molecule has 0 spiro atoms. The number of nitrogens with one attached hydrogen (secondary N) is 2. The van der Waals surface area contributed by atoms with Crippen LogP contribution < -0.4 is 10.6 Å². The number of amides is 2. The second-order valence-electron chi connectivity index (χ2n) is 7.92. The Morgan fingerprint density at radius 1 is 1.12 bits per heavy atom. The summed E-state index contributed by atoms with van der Waals surface area (Å²) < 4.78 is 16.4. The fourth-order valence-electron chi connectivity index (χ4n) is 3.61. The van der Waals surface area contributed by atoms with Gasteiger partial charge in [-0.3, -0.25) is 19.2 Å². The normalized spacial score (nSPS) is 25.0. The number of esters is 3. The highest BCUT2D eigenvalue weighted by molar-refractivity contribution is 6.01. The first kappa shape index (κ1) is 26.6. The molecule has 1 aliphatic rings. The van der Waals surface area contributed by atoms with Gasteiger partial charge < -0.3 is 30.0 Å². The summed E-state index contributed by atoms with van der Waals surface area (Å²) in [6.07, 6.45) is -1.90. The van der Waals surface area contributed by atoms with E-state index in [2.05, 4.69) is 10.6 Å². The molecule has 2 amide bonds. The van der Waals surface area contributed by atoms with Crippen molar-refractivity contribution in [1.82, 2.24) is 5.32 Å². The lowest BCUT2D eigenvalue weighted by Gasteiger charge is -2.28. The van der Waals surface area contributed by atoms with Crippen LogP contribution >= 0.6 is 0 Å². The number of cyclic esters (lactones) is 2. The van der Waals surface area contributed by atoms with Gasteiger partial charge in [0.15, 0.2) is 17.9 Å². The molecule has 5 atom stereocenters. The van der Waals surface area contributed by atoms with Crippen molar-refractivity contribution in [3.8, 4) is 5.75 Å². The Balaban J connectivity index is 2.31. The lowest BCUT2D eigenvalue weighted by Crippen LogP contribution is -2.50. The summed E-state index contributed by atoms with van der Waals surface area (Å²) in [4.78, 5) is 61.4. The van der Waals surface area contributed by atoms with Crippen molar-refractivity contribution in [2.24, 2.45) is 5.92 Å². The Kier molecular flexibility index (Phi) is 9.40. The molecule has 0 radical (unpaired) electrons. The molecule has 0 aromatic heterocycles. The standard InChI is InChI=1S/C23H30N2O9/c1-5-8-17(27)34-20-13(4)33-23(31)18(12(3)32-22(30)14(20)6-2)25-21(29)15-9-7-10-16(19(15)28)24-11-26/h7,9-14,18,20,28H,5-6,8H2,1-4H3,(H,24,26)(H,25,29)/t12-,13-,14-,18-,20-/m1/s1. The molecule has 1 heterocycles. The number of rotatable bonds is 8. The molecule has 1 aromatic rings. The summed E-state index contributed by atoms with van der Waals surface area (Å²) in [7, 11) is 0. The van der Waals surface area contributed by atoms with Gasteiger partial charge in [0, 0.05) is 6.42 Å². The second kappa shape index (κ2) is 12.0. The number of para-hydroxylation sites is 1. The number of carbonyl (C=O) groups is 5. The van der Waals surface area contributed by atoms with Crippen LogP contribution in [0.5, 0.6) is 5.75 Å². The summed E-state index contributed by atoms with van der Waals surface area (Å²) in [5.74, 6) is -4.38. The molecule has 1 aromatic carbocycles. The molecule has 11 nitrogen and oxygen atoms in total. The highest BCUT2D eigenvalue weighted by atomic mass is 16.6. The maximum atomic E-state index is 12.9. The smallest absolute Gasteiger partial charge is 0.332 e. The number of ether oxygens (including phenoxy) is 3. The van der Waals surface area contributed by atoms with Gasteiger partial charge in [-0.15, -0.1) is 0 Å². The minimum absolute atomic E-state index is 0.00434. The summed E-state index contributed by atoms with van der Waals surface area (Å²) in [6.45, 7) is 6.42. The molecule has 1 saturated heterocycles. The molecule has 2 rings (SSSR count).